The molecule has 0 bridgehead atoms. The van der Waals surface area contributed by atoms with Crippen molar-refractivity contribution in [1.29, 1.82) is 0 Å². The molecule has 0 saturated carbocycles. The highest BCUT2D eigenvalue weighted by Crippen LogP contribution is 2.29. The number of aromatic amines is 1. The van der Waals surface area contributed by atoms with Crippen LogP contribution in [0.25, 0.3) is 11.2 Å². The van der Waals surface area contributed by atoms with Crippen molar-refractivity contribution in [2.24, 2.45) is 11.7 Å². The standard InChI is InChI=1S/C27H33F3N8O6/c1-14(2)21(39)36-26-35-20-19(23(41)37-26)33-16(12-32-20)13-38(25(43)27(28,29)30)17-9-7-15(8-10-17)22(40)34-18(24(42)44-3)6-4-5-11-31/h7-10,12,14,18,25,43H,4-6,11,13,31H2,1-3H3,(H,34,40)(H2,32,35,36,37,39,41)/t18-,25?/m0/s1. The number of hydrogen-bond acceptors (Lipinski definition) is 11. The summed E-state index contributed by atoms with van der Waals surface area (Å²) in [4.78, 5) is 64.4. The molecule has 2 aromatic heterocycles. The van der Waals surface area contributed by atoms with Crippen molar-refractivity contribution >= 4 is 40.6 Å². The predicted molar refractivity (Wildman–Crippen MR) is 152 cm³/mol. The predicted octanol–water partition coefficient (Wildman–Crippen LogP) is 1.60. The number of carbonyl (C=O) groups is 3. The Morgan fingerprint density at radius 3 is 2.41 bits per heavy atom. The number of aromatic nitrogens is 4. The van der Waals surface area contributed by atoms with Gasteiger partial charge < -0.3 is 25.8 Å². The number of ether oxygens (including phenoxy) is 1. The molecule has 6 N–H and O–H groups in total. The second-order valence-electron chi connectivity index (χ2n) is 10.0. The highest BCUT2D eigenvalue weighted by Gasteiger charge is 2.43. The third kappa shape index (κ3) is 8.70. The molecular formula is C27H33F3N8O6. The molecule has 0 saturated heterocycles. The van der Waals surface area contributed by atoms with Gasteiger partial charge in [0.25, 0.3) is 11.5 Å². The molecule has 1 aromatic carbocycles. The topological polar surface area (TPSA) is 206 Å². The average Bonchev–Trinajstić information content (AvgIpc) is 2.98. The van der Waals surface area contributed by atoms with Crippen LogP contribution in [0, 0.1) is 5.92 Å². The van der Waals surface area contributed by atoms with Crippen LogP contribution >= 0.6 is 0 Å². The van der Waals surface area contributed by atoms with Crippen LogP contribution in [0.2, 0.25) is 0 Å². The first-order chi connectivity index (χ1) is 20.7. The summed E-state index contributed by atoms with van der Waals surface area (Å²) in [6.45, 7) is 3.03. The Labute approximate surface area is 249 Å². The van der Waals surface area contributed by atoms with E-state index < -0.39 is 54.3 Å². The molecule has 17 heteroatoms. The van der Waals surface area contributed by atoms with Gasteiger partial charge in [-0.05, 0) is 50.1 Å². The maximum absolute atomic E-state index is 13.7. The molecule has 44 heavy (non-hydrogen) atoms. The lowest BCUT2D eigenvalue weighted by Gasteiger charge is -2.31. The number of carbonyl (C=O) groups excluding carboxylic acids is 3. The van der Waals surface area contributed by atoms with Gasteiger partial charge in [-0.3, -0.25) is 24.7 Å². The normalized spacial score (nSPS) is 12.9. The number of aliphatic hydroxyl groups is 1. The minimum absolute atomic E-state index is 0.0337. The molecule has 2 heterocycles. The van der Waals surface area contributed by atoms with E-state index in [-0.39, 0.29) is 40.5 Å². The first-order valence-corrected chi connectivity index (χ1v) is 13.5. The Morgan fingerprint density at radius 1 is 1.14 bits per heavy atom. The molecule has 238 valence electrons. The van der Waals surface area contributed by atoms with Gasteiger partial charge in [0.05, 0.1) is 25.5 Å². The SMILES string of the molecule is COC(=O)[C@H](CCCCN)NC(=O)c1ccc(N(Cc2cnc3nc(NC(=O)C(C)C)[nH]c(=O)c3n2)C(O)C(F)(F)F)cc1. The summed E-state index contributed by atoms with van der Waals surface area (Å²) >= 11 is 0. The van der Waals surface area contributed by atoms with Crippen LogP contribution in [0.5, 0.6) is 0 Å². The number of unbranched alkanes of at least 4 members (excludes halogenated alkanes) is 1. The van der Waals surface area contributed by atoms with E-state index in [1.807, 2.05) is 0 Å². The van der Waals surface area contributed by atoms with E-state index in [2.05, 4.69) is 30.6 Å². The van der Waals surface area contributed by atoms with Gasteiger partial charge in [0.2, 0.25) is 18.1 Å². The first-order valence-electron chi connectivity index (χ1n) is 13.5. The number of H-pyrrole nitrogens is 1. The minimum Gasteiger partial charge on any atom is -0.467 e. The maximum Gasteiger partial charge on any atom is 0.433 e. The summed E-state index contributed by atoms with van der Waals surface area (Å²) in [6.07, 6.45) is -5.54. The summed E-state index contributed by atoms with van der Waals surface area (Å²) in [5.74, 6) is -2.31. The van der Waals surface area contributed by atoms with E-state index in [4.69, 9.17) is 10.5 Å². The number of amides is 2. The van der Waals surface area contributed by atoms with Crippen molar-refractivity contribution in [1.82, 2.24) is 25.3 Å². The van der Waals surface area contributed by atoms with Gasteiger partial charge in [-0.25, -0.2) is 14.8 Å². The van der Waals surface area contributed by atoms with Gasteiger partial charge >= 0.3 is 12.1 Å². The zero-order chi connectivity index (χ0) is 32.6. The average molecular weight is 623 g/mol. The maximum atomic E-state index is 13.7. The third-order valence-corrected chi connectivity index (χ3v) is 6.35. The summed E-state index contributed by atoms with van der Waals surface area (Å²) in [5.41, 5.74) is 3.99. The van der Waals surface area contributed by atoms with Crippen molar-refractivity contribution in [3.8, 4) is 0 Å². The smallest absolute Gasteiger partial charge is 0.433 e. The molecule has 0 spiro atoms. The first kappa shape index (κ1) is 33.9. The molecule has 0 fully saturated rings. The number of methoxy groups -OCH3 is 1. The van der Waals surface area contributed by atoms with Crippen LogP contribution in [0.4, 0.5) is 24.8 Å². The van der Waals surface area contributed by atoms with Gasteiger partial charge in [-0.2, -0.15) is 18.2 Å². The molecule has 0 aliphatic heterocycles. The Hall–Kier alpha value is -4.64. The third-order valence-electron chi connectivity index (χ3n) is 6.35. The number of hydrogen-bond donors (Lipinski definition) is 5. The number of aliphatic hydroxyl groups excluding tert-OH is 1. The number of nitrogens with zero attached hydrogens (tertiary/aromatic N) is 4. The summed E-state index contributed by atoms with van der Waals surface area (Å²) in [7, 11) is 1.18. The van der Waals surface area contributed by atoms with Crippen molar-refractivity contribution in [2.75, 3.05) is 23.9 Å². The number of benzene rings is 1. The number of fused-ring (bicyclic) bond motifs is 1. The fourth-order valence-electron chi connectivity index (χ4n) is 3.95. The molecule has 0 aliphatic carbocycles. The molecule has 3 rings (SSSR count). The van der Waals surface area contributed by atoms with Crippen LogP contribution < -0.4 is 26.8 Å². The number of alkyl halides is 3. The van der Waals surface area contributed by atoms with E-state index in [0.29, 0.717) is 24.3 Å². The highest BCUT2D eigenvalue weighted by molar-refractivity contribution is 5.97. The molecule has 1 unspecified atom stereocenters. The zero-order valence-electron chi connectivity index (χ0n) is 24.1. The quantitative estimate of drug-likeness (QED) is 0.105. The summed E-state index contributed by atoms with van der Waals surface area (Å²) in [6, 6.07) is 3.86. The zero-order valence-corrected chi connectivity index (χ0v) is 24.1. The van der Waals surface area contributed by atoms with E-state index in [1.54, 1.807) is 13.8 Å². The minimum atomic E-state index is -5.08. The molecule has 0 radical (unpaired) electrons. The number of nitrogens with one attached hydrogen (secondary N) is 3. The van der Waals surface area contributed by atoms with Crippen LogP contribution in [0.1, 0.15) is 49.2 Å². The van der Waals surface area contributed by atoms with Crippen molar-refractivity contribution < 1.29 is 37.4 Å². The summed E-state index contributed by atoms with van der Waals surface area (Å²) < 4.78 is 45.7. The molecule has 2 amide bonds. The molecule has 0 aliphatic rings. The number of esters is 1. The molecule has 14 nitrogen and oxygen atoms in total. The lowest BCUT2D eigenvalue weighted by molar-refractivity contribution is -0.203. The van der Waals surface area contributed by atoms with Crippen molar-refractivity contribution in [2.45, 2.75) is 58.1 Å². The van der Waals surface area contributed by atoms with E-state index >= 15 is 0 Å². The fraction of sp³-hybridized carbons (Fsp3) is 0.444. The van der Waals surface area contributed by atoms with Crippen LogP contribution in [0.15, 0.2) is 35.3 Å². The van der Waals surface area contributed by atoms with Crippen LogP contribution in [-0.4, -0.2) is 74.9 Å². The Kier molecular flexibility index (Phi) is 11.3. The Balaban J connectivity index is 1.86. The monoisotopic (exact) mass is 622 g/mol. The fourth-order valence-corrected chi connectivity index (χ4v) is 3.95. The van der Waals surface area contributed by atoms with E-state index in [0.717, 1.165) is 6.20 Å². The molecule has 2 atom stereocenters. The lowest BCUT2D eigenvalue weighted by Crippen LogP contribution is -2.45. The summed E-state index contributed by atoms with van der Waals surface area (Å²) in [5, 5.41) is 15.1. The van der Waals surface area contributed by atoms with Gasteiger partial charge in [0, 0.05) is 17.2 Å². The van der Waals surface area contributed by atoms with E-state index in [1.165, 1.54) is 31.4 Å². The lowest BCUT2D eigenvalue weighted by atomic mass is 10.1. The van der Waals surface area contributed by atoms with Gasteiger partial charge in [0.15, 0.2) is 11.2 Å². The second-order valence-corrected chi connectivity index (χ2v) is 10.0. The van der Waals surface area contributed by atoms with E-state index in [9.17, 15) is 37.5 Å². The van der Waals surface area contributed by atoms with Crippen LogP contribution in [0.3, 0.4) is 0 Å². The largest absolute Gasteiger partial charge is 0.467 e. The van der Waals surface area contributed by atoms with Gasteiger partial charge in [0.1, 0.15) is 6.04 Å². The second kappa shape index (κ2) is 14.7. The van der Waals surface area contributed by atoms with Gasteiger partial charge in [-0.1, -0.05) is 13.8 Å². The van der Waals surface area contributed by atoms with Crippen molar-refractivity contribution in [3.05, 3.63) is 52.1 Å². The Bertz CT molecular complexity index is 1530. The molecular weight excluding hydrogens is 589 g/mol. The number of nitrogens with two attached hydrogens (primary N) is 1. The van der Waals surface area contributed by atoms with Crippen molar-refractivity contribution in [3.63, 3.8) is 0 Å². The highest BCUT2D eigenvalue weighted by atomic mass is 19.4. The number of halogens is 3. The van der Waals surface area contributed by atoms with Gasteiger partial charge in [-0.15, -0.1) is 0 Å². The Morgan fingerprint density at radius 2 is 1.82 bits per heavy atom. The number of anilines is 2. The molecule has 3 aromatic rings. The van der Waals surface area contributed by atoms with Crippen LogP contribution in [-0.2, 0) is 20.9 Å². The number of rotatable bonds is 13.